The molecule has 1 saturated heterocycles. The molecule has 4 nitrogen and oxygen atoms in total. The summed E-state index contributed by atoms with van der Waals surface area (Å²) in [6, 6.07) is 6.45. The van der Waals surface area contributed by atoms with E-state index in [2.05, 4.69) is 46.2 Å². The van der Waals surface area contributed by atoms with Gasteiger partial charge < -0.3 is 15.6 Å². The fourth-order valence-electron chi connectivity index (χ4n) is 2.73. The maximum absolute atomic E-state index is 5.73. The number of nitrogens with zero attached hydrogens (tertiary/aromatic N) is 2. The van der Waals surface area contributed by atoms with Crippen molar-refractivity contribution in [1.29, 1.82) is 0 Å². The molecular weight excluding hydrogens is 236 g/mol. The second-order valence-corrected chi connectivity index (χ2v) is 5.48. The van der Waals surface area contributed by atoms with Crippen LogP contribution in [0.4, 0.5) is 0 Å². The standard InChI is InChI=1S/C15H22N4/c1-18-4-6-19(7-5-18)11-13-10-17-15-3-2-12(9-16)8-14(13)15/h2-3,8,10,17H,4-7,9,11,16H2,1H3. The predicted octanol–water partition coefficient (Wildman–Crippen LogP) is 1.37. The van der Waals surface area contributed by atoms with E-state index in [0.29, 0.717) is 6.54 Å². The Bertz CT molecular complexity index is 552. The lowest BCUT2D eigenvalue weighted by molar-refractivity contribution is 0.148. The third-order valence-corrected chi connectivity index (χ3v) is 4.06. The highest BCUT2D eigenvalue weighted by atomic mass is 15.2. The van der Waals surface area contributed by atoms with Gasteiger partial charge in [-0.05, 0) is 30.3 Å². The summed E-state index contributed by atoms with van der Waals surface area (Å²) < 4.78 is 0. The van der Waals surface area contributed by atoms with Crippen LogP contribution in [-0.2, 0) is 13.1 Å². The fourth-order valence-corrected chi connectivity index (χ4v) is 2.73. The quantitative estimate of drug-likeness (QED) is 0.874. The molecule has 0 spiro atoms. The minimum absolute atomic E-state index is 0.606. The van der Waals surface area contributed by atoms with Crippen LogP contribution < -0.4 is 5.73 Å². The van der Waals surface area contributed by atoms with E-state index >= 15 is 0 Å². The minimum atomic E-state index is 0.606. The van der Waals surface area contributed by atoms with Gasteiger partial charge in [0.2, 0.25) is 0 Å². The summed E-state index contributed by atoms with van der Waals surface area (Å²) in [6.45, 7) is 6.27. The van der Waals surface area contributed by atoms with E-state index < -0.39 is 0 Å². The van der Waals surface area contributed by atoms with Crippen LogP contribution in [0.3, 0.4) is 0 Å². The Morgan fingerprint density at radius 2 is 2.00 bits per heavy atom. The molecule has 3 rings (SSSR count). The summed E-state index contributed by atoms with van der Waals surface area (Å²) in [6.07, 6.45) is 2.14. The van der Waals surface area contributed by atoms with Crippen molar-refractivity contribution in [2.75, 3.05) is 33.2 Å². The number of H-pyrrole nitrogens is 1. The Labute approximate surface area is 114 Å². The van der Waals surface area contributed by atoms with Crippen molar-refractivity contribution >= 4 is 10.9 Å². The Morgan fingerprint density at radius 1 is 1.21 bits per heavy atom. The van der Waals surface area contributed by atoms with Crippen LogP contribution in [0.15, 0.2) is 24.4 Å². The first-order valence-corrected chi connectivity index (χ1v) is 6.96. The van der Waals surface area contributed by atoms with Crippen molar-refractivity contribution in [3.63, 3.8) is 0 Å². The molecule has 2 aromatic rings. The molecule has 0 unspecified atom stereocenters. The minimum Gasteiger partial charge on any atom is -0.361 e. The monoisotopic (exact) mass is 258 g/mol. The molecule has 1 aromatic carbocycles. The van der Waals surface area contributed by atoms with Gasteiger partial charge in [-0.25, -0.2) is 0 Å². The second kappa shape index (κ2) is 5.33. The van der Waals surface area contributed by atoms with Crippen LogP contribution in [-0.4, -0.2) is 48.0 Å². The van der Waals surface area contributed by atoms with Crippen molar-refractivity contribution in [3.05, 3.63) is 35.5 Å². The van der Waals surface area contributed by atoms with Gasteiger partial charge in [0, 0.05) is 56.4 Å². The van der Waals surface area contributed by atoms with E-state index in [1.54, 1.807) is 0 Å². The topological polar surface area (TPSA) is 48.3 Å². The Morgan fingerprint density at radius 3 is 2.74 bits per heavy atom. The van der Waals surface area contributed by atoms with Crippen LogP contribution in [0.25, 0.3) is 10.9 Å². The number of hydrogen-bond acceptors (Lipinski definition) is 3. The molecule has 0 atom stereocenters. The highest BCUT2D eigenvalue weighted by molar-refractivity contribution is 5.83. The van der Waals surface area contributed by atoms with Crippen LogP contribution >= 0.6 is 0 Å². The molecule has 0 radical (unpaired) electrons. The number of nitrogens with two attached hydrogens (primary N) is 1. The summed E-state index contributed by atoms with van der Waals surface area (Å²) in [4.78, 5) is 8.27. The molecule has 19 heavy (non-hydrogen) atoms. The molecule has 4 heteroatoms. The zero-order valence-corrected chi connectivity index (χ0v) is 11.5. The van der Waals surface area contributed by atoms with Crippen LogP contribution in [0.5, 0.6) is 0 Å². The summed E-state index contributed by atoms with van der Waals surface area (Å²) >= 11 is 0. The predicted molar refractivity (Wildman–Crippen MR) is 79.0 cm³/mol. The van der Waals surface area contributed by atoms with E-state index in [4.69, 9.17) is 5.73 Å². The number of nitrogens with one attached hydrogen (secondary N) is 1. The van der Waals surface area contributed by atoms with Crippen molar-refractivity contribution in [3.8, 4) is 0 Å². The van der Waals surface area contributed by atoms with Crippen LogP contribution in [0.1, 0.15) is 11.1 Å². The zero-order chi connectivity index (χ0) is 13.2. The van der Waals surface area contributed by atoms with Crippen molar-refractivity contribution < 1.29 is 0 Å². The molecule has 0 amide bonds. The number of aromatic amines is 1. The van der Waals surface area contributed by atoms with E-state index in [0.717, 1.165) is 32.7 Å². The van der Waals surface area contributed by atoms with Crippen LogP contribution in [0, 0.1) is 0 Å². The first-order valence-electron chi connectivity index (χ1n) is 6.96. The summed E-state index contributed by atoms with van der Waals surface area (Å²) in [5.74, 6) is 0. The fraction of sp³-hybridized carbons (Fsp3) is 0.467. The normalized spacial score (nSPS) is 18.2. The maximum atomic E-state index is 5.73. The number of rotatable bonds is 3. The lowest BCUT2D eigenvalue weighted by Gasteiger charge is -2.32. The summed E-state index contributed by atoms with van der Waals surface area (Å²) in [7, 11) is 2.19. The number of benzene rings is 1. The highest BCUT2D eigenvalue weighted by Crippen LogP contribution is 2.21. The molecule has 0 bridgehead atoms. The average Bonchev–Trinajstić information content (AvgIpc) is 2.84. The van der Waals surface area contributed by atoms with Gasteiger partial charge in [-0.2, -0.15) is 0 Å². The maximum Gasteiger partial charge on any atom is 0.0457 e. The SMILES string of the molecule is CN1CCN(Cc2c[nH]c3ccc(CN)cc23)CC1. The van der Waals surface area contributed by atoms with Gasteiger partial charge >= 0.3 is 0 Å². The van der Waals surface area contributed by atoms with Gasteiger partial charge in [0.25, 0.3) is 0 Å². The summed E-state index contributed by atoms with van der Waals surface area (Å²) in [5, 5.41) is 1.32. The lowest BCUT2D eigenvalue weighted by atomic mass is 10.1. The van der Waals surface area contributed by atoms with E-state index in [-0.39, 0.29) is 0 Å². The van der Waals surface area contributed by atoms with Gasteiger partial charge in [-0.3, -0.25) is 4.90 Å². The molecule has 1 aliphatic heterocycles. The molecular formula is C15H22N4. The van der Waals surface area contributed by atoms with E-state index in [9.17, 15) is 0 Å². The number of fused-ring (bicyclic) bond motifs is 1. The summed E-state index contributed by atoms with van der Waals surface area (Å²) in [5.41, 5.74) is 9.53. The first kappa shape index (κ1) is 12.7. The van der Waals surface area contributed by atoms with Gasteiger partial charge in [0.15, 0.2) is 0 Å². The molecule has 102 valence electrons. The average molecular weight is 258 g/mol. The van der Waals surface area contributed by atoms with Gasteiger partial charge in [-0.1, -0.05) is 6.07 Å². The number of aromatic nitrogens is 1. The molecule has 0 saturated carbocycles. The van der Waals surface area contributed by atoms with E-state index in [1.807, 2.05) is 0 Å². The molecule has 1 fully saturated rings. The number of piperazine rings is 1. The smallest absolute Gasteiger partial charge is 0.0457 e. The van der Waals surface area contributed by atoms with Crippen molar-refractivity contribution in [2.24, 2.45) is 5.73 Å². The first-order chi connectivity index (χ1) is 9.26. The third kappa shape index (κ3) is 2.66. The largest absolute Gasteiger partial charge is 0.361 e. The lowest BCUT2D eigenvalue weighted by Crippen LogP contribution is -2.43. The number of hydrogen-bond donors (Lipinski definition) is 2. The molecule has 3 N–H and O–H groups in total. The van der Waals surface area contributed by atoms with Crippen molar-refractivity contribution in [1.82, 2.24) is 14.8 Å². The molecule has 1 aromatic heterocycles. The van der Waals surface area contributed by atoms with Gasteiger partial charge in [-0.15, -0.1) is 0 Å². The van der Waals surface area contributed by atoms with Crippen LogP contribution in [0.2, 0.25) is 0 Å². The molecule has 1 aliphatic rings. The number of likely N-dealkylation sites (N-methyl/N-ethyl adjacent to an activating group) is 1. The molecule has 2 heterocycles. The van der Waals surface area contributed by atoms with Crippen molar-refractivity contribution in [2.45, 2.75) is 13.1 Å². The van der Waals surface area contributed by atoms with Gasteiger partial charge in [0.05, 0.1) is 0 Å². The Kier molecular flexibility index (Phi) is 3.55. The Balaban J connectivity index is 1.80. The highest BCUT2D eigenvalue weighted by Gasteiger charge is 2.15. The third-order valence-electron chi connectivity index (χ3n) is 4.06. The molecule has 0 aliphatic carbocycles. The van der Waals surface area contributed by atoms with E-state index in [1.165, 1.54) is 22.0 Å². The van der Waals surface area contributed by atoms with Gasteiger partial charge in [0.1, 0.15) is 0 Å². The second-order valence-electron chi connectivity index (χ2n) is 5.48. The zero-order valence-electron chi connectivity index (χ0n) is 11.5. The Hall–Kier alpha value is -1.36.